The summed E-state index contributed by atoms with van der Waals surface area (Å²) < 4.78 is 6.03. The molecule has 68 valence electrons. The first-order valence-electron chi connectivity index (χ1n) is 4.95. The molecule has 0 aromatic rings. The van der Waals surface area contributed by atoms with Crippen LogP contribution in [0.3, 0.4) is 0 Å². The van der Waals surface area contributed by atoms with Gasteiger partial charge in [-0.25, -0.2) is 0 Å². The van der Waals surface area contributed by atoms with E-state index in [0.29, 0.717) is 0 Å². The standard InChI is InChI=1S/C10H18OSi/c1-12(2,3)11-10-6-4-5-8-7-9(8)10/h6,8-9H,4-5,7H2,1-3H3/t8-,9+/m1/s1. The smallest absolute Gasteiger partial charge is 0.241 e. The van der Waals surface area contributed by atoms with Crippen LogP contribution >= 0.6 is 0 Å². The fraction of sp³-hybridized carbons (Fsp3) is 0.800. The SMILES string of the molecule is C[Si](C)(C)OC1=CCC[C@@H]2C[C@H]12. The molecule has 0 bridgehead atoms. The van der Waals surface area contributed by atoms with E-state index in [1.165, 1.54) is 25.0 Å². The van der Waals surface area contributed by atoms with E-state index in [1.54, 1.807) is 0 Å². The van der Waals surface area contributed by atoms with Gasteiger partial charge in [0.2, 0.25) is 8.32 Å². The van der Waals surface area contributed by atoms with Crippen molar-refractivity contribution >= 4 is 8.32 Å². The van der Waals surface area contributed by atoms with Gasteiger partial charge in [-0.2, -0.15) is 0 Å². The molecule has 0 amide bonds. The van der Waals surface area contributed by atoms with Gasteiger partial charge in [-0.1, -0.05) is 0 Å². The quantitative estimate of drug-likeness (QED) is 0.596. The third-order valence-corrected chi connectivity index (χ3v) is 3.44. The average molecular weight is 182 g/mol. The molecule has 2 atom stereocenters. The lowest BCUT2D eigenvalue weighted by Crippen LogP contribution is -2.26. The molecule has 0 spiro atoms. The topological polar surface area (TPSA) is 9.23 Å². The van der Waals surface area contributed by atoms with Gasteiger partial charge in [0.15, 0.2) is 0 Å². The molecule has 0 aromatic carbocycles. The Morgan fingerprint density at radius 2 is 2.17 bits per heavy atom. The minimum Gasteiger partial charge on any atom is -0.547 e. The third-order valence-electron chi connectivity index (χ3n) is 2.60. The molecule has 1 saturated carbocycles. The Labute approximate surface area is 75.9 Å². The highest BCUT2D eigenvalue weighted by atomic mass is 28.4. The van der Waals surface area contributed by atoms with Crippen molar-refractivity contribution in [2.24, 2.45) is 11.8 Å². The van der Waals surface area contributed by atoms with Gasteiger partial charge in [0, 0.05) is 5.92 Å². The molecule has 0 saturated heterocycles. The van der Waals surface area contributed by atoms with Gasteiger partial charge in [-0.05, 0) is 50.9 Å². The number of hydrogen-bond acceptors (Lipinski definition) is 1. The lowest BCUT2D eigenvalue weighted by molar-refractivity contribution is 0.368. The van der Waals surface area contributed by atoms with Crippen molar-refractivity contribution in [2.45, 2.75) is 38.9 Å². The summed E-state index contributed by atoms with van der Waals surface area (Å²) in [5.41, 5.74) is 0. The van der Waals surface area contributed by atoms with Gasteiger partial charge in [0.1, 0.15) is 0 Å². The molecule has 0 aliphatic heterocycles. The highest BCUT2D eigenvalue weighted by Crippen LogP contribution is 2.51. The molecule has 0 aromatic heterocycles. The predicted octanol–water partition coefficient (Wildman–Crippen LogP) is 3.15. The van der Waals surface area contributed by atoms with Crippen LogP contribution in [0.4, 0.5) is 0 Å². The second kappa shape index (κ2) is 2.62. The molecule has 1 fully saturated rings. The van der Waals surface area contributed by atoms with Gasteiger partial charge in [-0.3, -0.25) is 0 Å². The summed E-state index contributed by atoms with van der Waals surface area (Å²) >= 11 is 0. The normalized spacial score (nSPS) is 33.8. The van der Waals surface area contributed by atoms with Crippen molar-refractivity contribution in [3.05, 3.63) is 11.8 Å². The van der Waals surface area contributed by atoms with Crippen LogP contribution in [0.25, 0.3) is 0 Å². The molecule has 2 rings (SSSR count). The summed E-state index contributed by atoms with van der Waals surface area (Å²) in [6.07, 6.45) is 6.38. The first-order chi connectivity index (χ1) is 5.56. The van der Waals surface area contributed by atoms with E-state index in [0.717, 1.165) is 11.8 Å². The van der Waals surface area contributed by atoms with Crippen molar-refractivity contribution < 1.29 is 4.43 Å². The Morgan fingerprint density at radius 3 is 2.83 bits per heavy atom. The largest absolute Gasteiger partial charge is 0.547 e. The highest BCUT2D eigenvalue weighted by molar-refractivity contribution is 6.70. The Bertz CT molecular complexity index is 214. The second-order valence-corrected chi connectivity index (χ2v) is 9.43. The lowest BCUT2D eigenvalue weighted by atomic mass is 10.1. The van der Waals surface area contributed by atoms with Crippen LogP contribution in [-0.4, -0.2) is 8.32 Å². The monoisotopic (exact) mass is 182 g/mol. The van der Waals surface area contributed by atoms with Crippen LogP contribution in [-0.2, 0) is 4.43 Å². The van der Waals surface area contributed by atoms with Gasteiger partial charge in [0.05, 0.1) is 5.76 Å². The van der Waals surface area contributed by atoms with E-state index in [4.69, 9.17) is 4.43 Å². The third kappa shape index (κ3) is 1.74. The zero-order valence-corrected chi connectivity index (χ0v) is 9.26. The molecule has 0 radical (unpaired) electrons. The van der Waals surface area contributed by atoms with Crippen LogP contribution in [0.2, 0.25) is 19.6 Å². The Morgan fingerprint density at radius 1 is 1.42 bits per heavy atom. The number of fused-ring (bicyclic) bond motifs is 1. The van der Waals surface area contributed by atoms with Crippen molar-refractivity contribution in [1.29, 1.82) is 0 Å². The van der Waals surface area contributed by atoms with Crippen LogP contribution in [0.15, 0.2) is 11.8 Å². The molecule has 0 heterocycles. The van der Waals surface area contributed by atoms with Gasteiger partial charge < -0.3 is 4.43 Å². The fourth-order valence-corrected chi connectivity index (χ4v) is 2.92. The minimum atomic E-state index is -1.33. The Balaban J connectivity index is 1.99. The summed E-state index contributed by atoms with van der Waals surface area (Å²) in [5.74, 6) is 3.15. The summed E-state index contributed by atoms with van der Waals surface area (Å²) in [6, 6.07) is 0. The van der Waals surface area contributed by atoms with Crippen LogP contribution in [0, 0.1) is 11.8 Å². The first kappa shape index (κ1) is 8.36. The highest BCUT2D eigenvalue weighted by Gasteiger charge is 2.43. The van der Waals surface area contributed by atoms with Crippen molar-refractivity contribution in [2.75, 3.05) is 0 Å². The summed E-state index contributed by atoms with van der Waals surface area (Å²) in [5, 5.41) is 0. The molecule has 2 heteroatoms. The maximum Gasteiger partial charge on any atom is 0.241 e. The molecule has 12 heavy (non-hydrogen) atoms. The Kier molecular flexibility index (Phi) is 1.83. The second-order valence-electron chi connectivity index (χ2n) is 5.00. The maximum absolute atomic E-state index is 6.03. The van der Waals surface area contributed by atoms with E-state index in [9.17, 15) is 0 Å². The number of rotatable bonds is 2. The van der Waals surface area contributed by atoms with Crippen LogP contribution in [0.1, 0.15) is 19.3 Å². The molecule has 0 N–H and O–H groups in total. The molecular weight excluding hydrogens is 164 g/mol. The fourth-order valence-electron chi connectivity index (χ4n) is 1.98. The average Bonchev–Trinajstić information content (AvgIpc) is 2.62. The van der Waals surface area contributed by atoms with E-state index in [2.05, 4.69) is 25.7 Å². The first-order valence-corrected chi connectivity index (χ1v) is 8.36. The van der Waals surface area contributed by atoms with E-state index < -0.39 is 8.32 Å². The Hall–Kier alpha value is -0.243. The summed E-state index contributed by atoms with van der Waals surface area (Å²) in [6.45, 7) is 6.79. The van der Waals surface area contributed by atoms with Crippen LogP contribution < -0.4 is 0 Å². The maximum atomic E-state index is 6.03. The zero-order chi connectivity index (χ0) is 8.77. The van der Waals surface area contributed by atoms with Crippen molar-refractivity contribution in [3.8, 4) is 0 Å². The predicted molar refractivity (Wildman–Crippen MR) is 53.3 cm³/mol. The van der Waals surface area contributed by atoms with Crippen molar-refractivity contribution in [1.82, 2.24) is 0 Å². The van der Waals surface area contributed by atoms with Crippen molar-refractivity contribution in [3.63, 3.8) is 0 Å². The summed E-state index contributed by atoms with van der Waals surface area (Å²) in [7, 11) is -1.33. The van der Waals surface area contributed by atoms with E-state index in [1.807, 2.05) is 0 Å². The van der Waals surface area contributed by atoms with Gasteiger partial charge in [0.25, 0.3) is 0 Å². The molecular formula is C10H18OSi. The van der Waals surface area contributed by atoms with Crippen LogP contribution in [0.5, 0.6) is 0 Å². The van der Waals surface area contributed by atoms with Gasteiger partial charge >= 0.3 is 0 Å². The lowest BCUT2D eigenvalue weighted by Gasteiger charge is -2.23. The number of allylic oxidation sites excluding steroid dienone is 2. The number of hydrogen-bond donors (Lipinski definition) is 0. The van der Waals surface area contributed by atoms with E-state index in [-0.39, 0.29) is 0 Å². The molecule has 1 nitrogen and oxygen atoms in total. The zero-order valence-electron chi connectivity index (χ0n) is 8.26. The summed E-state index contributed by atoms with van der Waals surface area (Å²) in [4.78, 5) is 0. The molecule has 2 aliphatic carbocycles. The molecule has 2 aliphatic rings. The minimum absolute atomic E-state index is 0.825. The molecule has 0 unspecified atom stereocenters. The van der Waals surface area contributed by atoms with Gasteiger partial charge in [-0.15, -0.1) is 0 Å². The van der Waals surface area contributed by atoms with E-state index >= 15 is 0 Å².